The summed E-state index contributed by atoms with van der Waals surface area (Å²) in [7, 11) is 5.17. The van der Waals surface area contributed by atoms with E-state index in [0.717, 1.165) is 42.7 Å². The van der Waals surface area contributed by atoms with E-state index in [0.29, 0.717) is 25.8 Å². The van der Waals surface area contributed by atoms with Gasteiger partial charge in [-0.25, -0.2) is 0 Å². The SMILES string of the molecule is CN=C(NCCOCc1ccccc1OC)NCC(c1ccc(OC)cc1)N1CCCC1. The Morgan fingerprint density at radius 3 is 2.44 bits per heavy atom. The van der Waals surface area contributed by atoms with Crippen LogP contribution in [0.25, 0.3) is 0 Å². The maximum Gasteiger partial charge on any atom is 0.191 e. The fourth-order valence-electron chi connectivity index (χ4n) is 4.00. The predicted octanol–water partition coefficient (Wildman–Crippen LogP) is 3.22. The summed E-state index contributed by atoms with van der Waals surface area (Å²) in [4.78, 5) is 6.91. The monoisotopic (exact) mass is 440 g/mol. The van der Waals surface area contributed by atoms with Crippen LogP contribution < -0.4 is 20.1 Å². The van der Waals surface area contributed by atoms with Gasteiger partial charge in [0.2, 0.25) is 0 Å². The molecule has 174 valence electrons. The molecule has 7 nitrogen and oxygen atoms in total. The number of hydrogen-bond donors (Lipinski definition) is 2. The molecule has 2 N–H and O–H groups in total. The van der Waals surface area contributed by atoms with E-state index in [2.05, 4.69) is 32.7 Å². The van der Waals surface area contributed by atoms with Crippen LogP contribution in [0.5, 0.6) is 11.5 Å². The highest BCUT2D eigenvalue weighted by molar-refractivity contribution is 5.79. The van der Waals surface area contributed by atoms with E-state index in [4.69, 9.17) is 14.2 Å². The number of nitrogens with zero attached hydrogens (tertiary/aromatic N) is 2. The Balaban J connectivity index is 1.46. The third-order valence-corrected chi connectivity index (χ3v) is 5.76. The minimum atomic E-state index is 0.295. The fraction of sp³-hybridized carbons (Fsp3) is 0.480. The number of aliphatic imine (C=N–C) groups is 1. The van der Waals surface area contributed by atoms with Gasteiger partial charge in [-0.05, 0) is 49.7 Å². The Morgan fingerprint density at radius 1 is 1.00 bits per heavy atom. The van der Waals surface area contributed by atoms with E-state index in [9.17, 15) is 0 Å². The van der Waals surface area contributed by atoms with Crippen LogP contribution in [-0.4, -0.2) is 64.9 Å². The highest BCUT2D eigenvalue weighted by atomic mass is 16.5. The predicted molar refractivity (Wildman–Crippen MR) is 129 cm³/mol. The van der Waals surface area contributed by atoms with Crippen molar-refractivity contribution in [1.82, 2.24) is 15.5 Å². The van der Waals surface area contributed by atoms with E-state index >= 15 is 0 Å². The number of nitrogens with one attached hydrogen (secondary N) is 2. The quantitative estimate of drug-likeness (QED) is 0.318. The van der Waals surface area contributed by atoms with Gasteiger partial charge in [-0.3, -0.25) is 9.89 Å². The molecular formula is C25H36N4O3. The van der Waals surface area contributed by atoms with Crippen molar-refractivity contribution in [3.05, 3.63) is 59.7 Å². The zero-order valence-corrected chi connectivity index (χ0v) is 19.5. The first-order valence-electron chi connectivity index (χ1n) is 11.3. The number of methoxy groups -OCH3 is 2. The smallest absolute Gasteiger partial charge is 0.191 e. The fourth-order valence-corrected chi connectivity index (χ4v) is 4.00. The minimum absolute atomic E-state index is 0.295. The first-order valence-corrected chi connectivity index (χ1v) is 11.3. The molecule has 32 heavy (non-hydrogen) atoms. The third kappa shape index (κ3) is 6.87. The van der Waals surface area contributed by atoms with Crippen LogP contribution in [0.4, 0.5) is 0 Å². The van der Waals surface area contributed by atoms with E-state index in [1.807, 2.05) is 36.4 Å². The van der Waals surface area contributed by atoms with Gasteiger partial charge in [-0.1, -0.05) is 30.3 Å². The Labute approximate surface area is 191 Å². The Morgan fingerprint density at radius 2 is 1.75 bits per heavy atom. The lowest BCUT2D eigenvalue weighted by atomic mass is 10.1. The average molecular weight is 441 g/mol. The van der Waals surface area contributed by atoms with Gasteiger partial charge in [-0.15, -0.1) is 0 Å². The van der Waals surface area contributed by atoms with Crippen LogP contribution in [0.15, 0.2) is 53.5 Å². The van der Waals surface area contributed by atoms with Gasteiger partial charge in [0.15, 0.2) is 5.96 Å². The van der Waals surface area contributed by atoms with Gasteiger partial charge in [-0.2, -0.15) is 0 Å². The van der Waals surface area contributed by atoms with E-state index in [1.165, 1.54) is 18.4 Å². The lowest BCUT2D eigenvalue weighted by Crippen LogP contribution is -2.43. The highest BCUT2D eigenvalue weighted by Gasteiger charge is 2.23. The number of hydrogen-bond acceptors (Lipinski definition) is 5. The van der Waals surface area contributed by atoms with Crippen molar-refractivity contribution in [3.63, 3.8) is 0 Å². The molecule has 0 amide bonds. The lowest BCUT2D eigenvalue weighted by molar-refractivity contribution is 0.123. The van der Waals surface area contributed by atoms with E-state index in [-0.39, 0.29) is 0 Å². The topological polar surface area (TPSA) is 67.4 Å². The summed E-state index contributed by atoms with van der Waals surface area (Å²) in [5.74, 6) is 2.51. The zero-order valence-electron chi connectivity index (χ0n) is 19.5. The first-order chi connectivity index (χ1) is 15.7. The molecule has 2 aromatic rings. The molecule has 7 heteroatoms. The number of guanidine groups is 1. The molecule has 0 spiro atoms. The summed E-state index contributed by atoms with van der Waals surface area (Å²) < 4.78 is 16.5. The number of rotatable bonds is 11. The molecule has 3 rings (SSSR count). The summed E-state index contributed by atoms with van der Waals surface area (Å²) >= 11 is 0. The molecule has 1 atom stereocenters. The summed E-state index contributed by atoms with van der Waals surface area (Å²) in [6.07, 6.45) is 2.51. The molecule has 1 saturated heterocycles. The van der Waals surface area contributed by atoms with Gasteiger partial charge in [0.25, 0.3) is 0 Å². The molecule has 2 aromatic carbocycles. The molecule has 1 heterocycles. The van der Waals surface area contributed by atoms with Crippen LogP contribution in [0.1, 0.15) is 30.0 Å². The largest absolute Gasteiger partial charge is 0.497 e. The first kappa shape index (κ1) is 23.9. The Hall–Kier alpha value is -2.77. The van der Waals surface area contributed by atoms with Gasteiger partial charge >= 0.3 is 0 Å². The van der Waals surface area contributed by atoms with Crippen LogP contribution in [0, 0.1) is 0 Å². The van der Waals surface area contributed by atoms with Crippen molar-refractivity contribution in [2.24, 2.45) is 4.99 Å². The van der Waals surface area contributed by atoms with Crippen molar-refractivity contribution >= 4 is 5.96 Å². The van der Waals surface area contributed by atoms with E-state index < -0.39 is 0 Å². The number of likely N-dealkylation sites (tertiary alicyclic amines) is 1. The standard InChI is InChI=1S/C25H36N4O3/c1-26-25(27-14-17-32-19-21-8-4-5-9-24(21)31-3)28-18-23(29-15-6-7-16-29)20-10-12-22(30-2)13-11-20/h4-5,8-13,23H,6-7,14-19H2,1-3H3,(H2,26,27,28). The molecule has 1 aliphatic heterocycles. The van der Waals surface area contributed by atoms with Crippen LogP contribution >= 0.6 is 0 Å². The molecule has 0 bridgehead atoms. The second-order valence-corrected chi connectivity index (χ2v) is 7.78. The molecular weight excluding hydrogens is 404 g/mol. The zero-order chi connectivity index (χ0) is 22.6. The minimum Gasteiger partial charge on any atom is -0.497 e. The van der Waals surface area contributed by atoms with E-state index in [1.54, 1.807) is 21.3 Å². The van der Waals surface area contributed by atoms with Crippen LogP contribution in [0.3, 0.4) is 0 Å². The Kier molecular flexibility index (Phi) is 9.65. The van der Waals surface area contributed by atoms with Crippen LogP contribution in [0.2, 0.25) is 0 Å². The maximum atomic E-state index is 5.81. The van der Waals surface area contributed by atoms with Gasteiger partial charge in [0.05, 0.1) is 33.5 Å². The molecule has 0 aliphatic carbocycles. The third-order valence-electron chi connectivity index (χ3n) is 5.76. The summed E-state index contributed by atoms with van der Waals surface area (Å²) in [5.41, 5.74) is 2.33. The van der Waals surface area contributed by atoms with Crippen molar-refractivity contribution in [3.8, 4) is 11.5 Å². The molecule has 0 saturated carbocycles. The Bertz CT molecular complexity index is 835. The number of para-hydroxylation sites is 1. The normalized spacial score (nSPS) is 15.4. The molecule has 0 aromatic heterocycles. The average Bonchev–Trinajstić information content (AvgIpc) is 3.38. The van der Waals surface area contributed by atoms with Crippen LogP contribution in [-0.2, 0) is 11.3 Å². The van der Waals surface area contributed by atoms with Crippen molar-refractivity contribution < 1.29 is 14.2 Å². The molecule has 1 fully saturated rings. The number of ether oxygens (including phenoxy) is 3. The molecule has 1 aliphatic rings. The number of benzene rings is 2. The van der Waals surface area contributed by atoms with Gasteiger partial charge in [0, 0.05) is 25.7 Å². The second kappa shape index (κ2) is 12.9. The highest BCUT2D eigenvalue weighted by Crippen LogP contribution is 2.26. The molecule has 0 radical (unpaired) electrons. The van der Waals surface area contributed by atoms with Gasteiger partial charge in [0.1, 0.15) is 11.5 Å². The van der Waals surface area contributed by atoms with Crippen molar-refractivity contribution in [2.75, 3.05) is 54.1 Å². The maximum absolute atomic E-state index is 5.81. The van der Waals surface area contributed by atoms with Gasteiger partial charge < -0.3 is 24.8 Å². The van der Waals surface area contributed by atoms with Crippen molar-refractivity contribution in [1.29, 1.82) is 0 Å². The molecule has 1 unspecified atom stereocenters. The second-order valence-electron chi connectivity index (χ2n) is 7.78. The summed E-state index contributed by atoms with van der Waals surface area (Å²) in [6.45, 7) is 4.81. The lowest BCUT2D eigenvalue weighted by Gasteiger charge is -2.29. The summed E-state index contributed by atoms with van der Waals surface area (Å²) in [6, 6.07) is 16.6. The van der Waals surface area contributed by atoms with Crippen molar-refractivity contribution in [2.45, 2.75) is 25.5 Å². The summed E-state index contributed by atoms with van der Waals surface area (Å²) in [5, 5.41) is 6.83.